The molecule has 210 valence electrons. The molecule has 38 heavy (non-hydrogen) atoms. The van der Waals surface area contributed by atoms with E-state index in [2.05, 4.69) is 4.72 Å². The lowest BCUT2D eigenvalue weighted by atomic mass is 10.1. The summed E-state index contributed by atoms with van der Waals surface area (Å²) in [7, 11) is -2.66. The molecule has 1 unspecified atom stereocenters. The molecule has 1 atom stereocenters. The van der Waals surface area contributed by atoms with Gasteiger partial charge in [-0.05, 0) is 49.4 Å². The molecule has 1 heterocycles. The van der Waals surface area contributed by atoms with E-state index in [-0.39, 0.29) is 32.2 Å². The topological polar surface area (TPSA) is 133 Å². The molecule has 1 aliphatic rings. The molecule has 3 rings (SSSR count). The van der Waals surface area contributed by atoms with Crippen molar-refractivity contribution < 1.29 is 42.0 Å². The van der Waals surface area contributed by atoms with Gasteiger partial charge in [0.1, 0.15) is 37.1 Å². The Morgan fingerprint density at radius 2 is 1.87 bits per heavy atom. The van der Waals surface area contributed by atoms with Crippen LogP contribution in [-0.4, -0.2) is 83.3 Å². The van der Waals surface area contributed by atoms with Crippen LogP contribution in [0.4, 0.5) is 4.79 Å². The number of methoxy groups -OCH3 is 1. The maximum absolute atomic E-state index is 12.6. The maximum Gasteiger partial charge on any atom is 0.422 e. The number of ether oxygens (including phenoxy) is 5. The Kier molecular flexibility index (Phi) is 11.9. The molecule has 11 nitrogen and oxygen atoms in total. The van der Waals surface area contributed by atoms with Crippen molar-refractivity contribution in [1.82, 2.24) is 9.03 Å². The standard InChI is InChI=1S/C26H36N2O9S/c1-33-17-18-36-23-12-11-21(25(19-23)37-20-24-10-6-15-34-24)7-5-14-28(26(29)30)38(31,32)27-13-16-35-22-8-3-2-4-9-22/h2-4,8-9,11-12,19,24,27H,5-7,10,13-18,20H2,1H3,(H,29,30). The van der Waals surface area contributed by atoms with Gasteiger partial charge in [0, 0.05) is 32.9 Å². The molecule has 0 aliphatic carbocycles. The lowest BCUT2D eigenvalue weighted by Crippen LogP contribution is -2.45. The summed E-state index contributed by atoms with van der Waals surface area (Å²) in [6, 6.07) is 14.3. The molecule has 1 saturated heterocycles. The SMILES string of the molecule is COCCOc1ccc(CCCN(C(=O)O)S(=O)(=O)NCCOc2ccccc2)c(OCC2CCCO2)c1. The first kappa shape index (κ1) is 29.5. The van der Waals surface area contributed by atoms with Crippen molar-refractivity contribution in [1.29, 1.82) is 0 Å². The minimum atomic E-state index is -4.26. The van der Waals surface area contributed by atoms with Crippen LogP contribution >= 0.6 is 0 Å². The number of rotatable bonds is 17. The molecule has 0 bridgehead atoms. The highest BCUT2D eigenvalue weighted by Crippen LogP contribution is 2.27. The van der Waals surface area contributed by atoms with Crippen LogP contribution in [0.2, 0.25) is 0 Å². The second kappa shape index (κ2) is 15.4. The Bertz CT molecular complexity index is 1090. The van der Waals surface area contributed by atoms with Crippen molar-refractivity contribution in [2.45, 2.75) is 31.8 Å². The predicted molar refractivity (Wildman–Crippen MR) is 140 cm³/mol. The van der Waals surface area contributed by atoms with Gasteiger partial charge >= 0.3 is 16.3 Å². The van der Waals surface area contributed by atoms with Gasteiger partial charge in [0.05, 0.1) is 12.7 Å². The fraction of sp³-hybridized carbons (Fsp3) is 0.500. The van der Waals surface area contributed by atoms with Gasteiger partial charge in [-0.15, -0.1) is 0 Å². The summed E-state index contributed by atoms with van der Waals surface area (Å²) in [4.78, 5) is 11.7. The number of amides is 1. The summed E-state index contributed by atoms with van der Waals surface area (Å²) in [6.07, 6.45) is 1.04. The van der Waals surface area contributed by atoms with Crippen LogP contribution in [0.25, 0.3) is 0 Å². The molecule has 0 radical (unpaired) electrons. The van der Waals surface area contributed by atoms with Gasteiger partial charge < -0.3 is 28.8 Å². The molecule has 0 saturated carbocycles. The van der Waals surface area contributed by atoms with Gasteiger partial charge in [0.2, 0.25) is 0 Å². The van der Waals surface area contributed by atoms with Gasteiger partial charge in [0.15, 0.2) is 0 Å². The van der Waals surface area contributed by atoms with Crippen LogP contribution in [0.5, 0.6) is 17.2 Å². The summed E-state index contributed by atoms with van der Waals surface area (Å²) in [6.45, 7) is 1.69. The highest BCUT2D eigenvalue weighted by Gasteiger charge is 2.26. The zero-order valence-corrected chi connectivity index (χ0v) is 22.4. The zero-order valence-electron chi connectivity index (χ0n) is 21.5. The van der Waals surface area contributed by atoms with Crippen molar-refractivity contribution >= 4 is 16.3 Å². The van der Waals surface area contributed by atoms with Gasteiger partial charge in [-0.2, -0.15) is 17.4 Å². The summed E-state index contributed by atoms with van der Waals surface area (Å²) < 4.78 is 55.8. The van der Waals surface area contributed by atoms with Crippen molar-refractivity contribution in [2.24, 2.45) is 0 Å². The summed E-state index contributed by atoms with van der Waals surface area (Å²) in [5.41, 5.74) is 0.814. The third-order valence-corrected chi connectivity index (χ3v) is 7.24. The molecular weight excluding hydrogens is 516 g/mol. The van der Waals surface area contributed by atoms with E-state index in [0.29, 0.717) is 54.4 Å². The number of carboxylic acid groups (broad SMARTS) is 1. The van der Waals surface area contributed by atoms with Crippen molar-refractivity contribution in [3.8, 4) is 17.2 Å². The van der Waals surface area contributed by atoms with E-state index in [4.69, 9.17) is 23.7 Å². The van der Waals surface area contributed by atoms with Gasteiger partial charge in [-0.1, -0.05) is 24.3 Å². The monoisotopic (exact) mass is 552 g/mol. The van der Waals surface area contributed by atoms with E-state index in [1.54, 1.807) is 43.5 Å². The number of benzene rings is 2. The van der Waals surface area contributed by atoms with Crippen LogP contribution in [0.3, 0.4) is 0 Å². The van der Waals surface area contributed by atoms with Gasteiger partial charge in [-0.3, -0.25) is 0 Å². The van der Waals surface area contributed by atoms with Crippen LogP contribution in [0, 0.1) is 0 Å². The number of hydrogen-bond acceptors (Lipinski definition) is 8. The molecule has 0 spiro atoms. The van der Waals surface area contributed by atoms with E-state index in [1.165, 1.54) is 0 Å². The average Bonchev–Trinajstić information content (AvgIpc) is 3.43. The minimum Gasteiger partial charge on any atom is -0.492 e. The molecule has 1 aliphatic heterocycles. The van der Waals surface area contributed by atoms with Gasteiger partial charge in [0.25, 0.3) is 0 Å². The lowest BCUT2D eigenvalue weighted by molar-refractivity contribution is 0.0674. The average molecular weight is 553 g/mol. The van der Waals surface area contributed by atoms with Crippen molar-refractivity contribution in [3.63, 3.8) is 0 Å². The van der Waals surface area contributed by atoms with E-state index in [1.807, 2.05) is 12.1 Å². The Hall–Kier alpha value is -3.06. The predicted octanol–water partition coefficient (Wildman–Crippen LogP) is 3.10. The normalized spacial score (nSPS) is 15.2. The molecule has 2 aromatic carbocycles. The van der Waals surface area contributed by atoms with E-state index < -0.39 is 16.3 Å². The smallest absolute Gasteiger partial charge is 0.422 e. The summed E-state index contributed by atoms with van der Waals surface area (Å²) >= 11 is 0. The number of para-hydroxylation sites is 1. The first-order valence-corrected chi connectivity index (χ1v) is 14.0. The fourth-order valence-corrected chi connectivity index (χ4v) is 4.91. The maximum atomic E-state index is 12.6. The first-order chi connectivity index (χ1) is 18.4. The Morgan fingerprint density at radius 1 is 1.08 bits per heavy atom. The molecule has 2 aromatic rings. The number of carbonyl (C=O) groups is 1. The third-order valence-electron chi connectivity index (χ3n) is 5.75. The van der Waals surface area contributed by atoms with Crippen LogP contribution < -0.4 is 18.9 Å². The molecule has 0 aromatic heterocycles. The quantitative estimate of drug-likeness (QED) is 0.284. The van der Waals surface area contributed by atoms with E-state index >= 15 is 0 Å². The second-order valence-corrected chi connectivity index (χ2v) is 10.3. The van der Waals surface area contributed by atoms with Crippen LogP contribution in [-0.2, 0) is 26.1 Å². The Balaban J connectivity index is 1.55. The number of aryl methyl sites for hydroxylation is 1. The largest absolute Gasteiger partial charge is 0.492 e. The fourth-order valence-electron chi connectivity index (χ4n) is 3.83. The summed E-state index contributed by atoms with van der Waals surface area (Å²) in [5.74, 6) is 1.80. The molecule has 2 N–H and O–H groups in total. The number of nitrogens with zero attached hydrogens (tertiary/aromatic N) is 1. The van der Waals surface area contributed by atoms with Crippen LogP contribution in [0.1, 0.15) is 24.8 Å². The Labute approximate surface area is 223 Å². The van der Waals surface area contributed by atoms with Gasteiger partial charge in [-0.25, -0.2) is 4.79 Å². The third kappa shape index (κ3) is 9.67. The van der Waals surface area contributed by atoms with Crippen molar-refractivity contribution in [2.75, 3.05) is 53.2 Å². The Morgan fingerprint density at radius 3 is 2.58 bits per heavy atom. The van der Waals surface area contributed by atoms with Crippen molar-refractivity contribution in [3.05, 3.63) is 54.1 Å². The molecule has 12 heteroatoms. The number of nitrogens with one attached hydrogen (secondary N) is 1. The number of hydrogen-bond donors (Lipinski definition) is 2. The minimum absolute atomic E-state index is 0.0190. The highest BCUT2D eigenvalue weighted by molar-refractivity contribution is 7.87. The van der Waals surface area contributed by atoms with Crippen LogP contribution in [0.15, 0.2) is 48.5 Å². The summed E-state index contributed by atoms with van der Waals surface area (Å²) in [5, 5.41) is 9.55. The van der Waals surface area contributed by atoms with E-state index in [9.17, 15) is 18.3 Å². The van der Waals surface area contributed by atoms with E-state index in [0.717, 1.165) is 18.4 Å². The second-order valence-electron chi connectivity index (χ2n) is 8.58. The molecular formula is C26H36N2O9S. The molecule has 1 amide bonds. The highest BCUT2D eigenvalue weighted by atomic mass is 32.2. The first-order valence-electron chi connectivity index (χ1n) is 12.6. The zero-order chi connectivity index (χ0) is 27.2. The lowest BCUT2D eigenvalue weighted by Gasteiger charge is -2.20. The molecule has 1 fully saturated rings.